The molecule has 0 aromatic heterocycles. The van der Waals surface area contributed by atoms with Crippen LogP contribution in [-0.4, -0.2) is 36.6 Å². The lowest BCUT2D eigenvalue weighted by Gasteiger charge is -2.39. The lowest BCUT2D eigenvalue weighted by atomic mass is 10.0. The Morgan fingerprint density at radius 1 is 1.42 bits per heavy atom. The van der Waals surface area contributed by atoms with Gasteiger partial charge in [0, 0.05) is 37.3 Å². The topological polar surface area (TPSA) is 15.3 Å². The van der Waals surface area contributed by atoms with E-state index in [1.54, 1.807) is 5.54 Å². The van der Waals surface area contributed by atoms with Gasteiger partial charge in [-0.05, 0) is 31.4 Å². The van der Waals surface area contributed by atoms with Gasteiger partial charge in [0.05, 0.1) is 0 Å². The van der Waals surface area contributed by atoms with Gasteiger partial charge >= 0.3 is 0 Å². The molecule has 0 radical (unpaired) electrons. The molecular formula is C16H23ClN2. The molecule has 0 bridgehead atoms. The number of piperazine rings is 1. The molecule has 1 saturated heterocycles. The van der Waals surface area contributed by atoms with Gasteiger partial charge in [-0.15, -0.1) is 0 Å². The van der Waals surface area contributed by atoms with Crippen molar-refractivity contribution in [3.05, 3.63) is 47.0 Å². The number of nitrogens with zero attached hydrogens (tertiary/aromatic N) is 1. The van der Waals surface area contributed by atoms with E-state index in [4.69, 9.17) is 11.6 Å². The Bertz CT molecular complexity index is 416. The molecule has 2 unspecified atom stereocenters. The molecule has 0 saturated carbocycles. The van der Waals surface area contributed by atoms with Crippen molar-refractivity contribution >= 4 is 11.6 Å². The minimum absolute atomic E-state index is 0.529. The van der Waals surface area contributed by atoms with E-state index in [2.05, 4.69) is 54.4 Å². The van der Waals surface area contributed by atoms with Crippen LogP contribution in [0.3, 0.4) is 0 Å². The van der Waals surface area contributed by atoms with Crippen LogP contribution in [0.1, 0.15) is 19.4 Å². The molecule has 0 spiro atoms. The first kappa shape index (κ1) is 14.6. The van der Waals surface area contributed by atoms with Gasteiger partial charge in [-0.25, -0.2) is 0 Å². The van der Waals surface area contributed by atoms with Gasteiger partial charge < -0.3 is 5.32 Å². The van der Waals surface area contributed by atoms with Gasteiger partial charge in [0.1, 0.15) is 0 Å². The second-order valence-electron chi connectivity index (χ2n) is 5.53. The van der Waals surface area contributed by atoms with E-state index in [1.165, 1.54) is 11.1 Å². The maximum atomic E-state index is 5.78. The van der Waals surface area contributed by atoms with Crippen molar-refractivity contribution in [3.63, 3.8) is 0 Å². The summed E-state index contributed by atoms with van der Waals surface area (Å²) in [6, 6.07) is 11.8. The standard InChI is InChI=1S/C16H23ClN2/c1-13(9-17)11-19-12-16(18-10-14(19)2)8-15-6-4-3-5-7-15/h3-7,9,14,16,18H,8,10-12H2,1-2H3/b13-9+. The molecule has 104 valence electrons. The molecule has 1 aliphatic rings. The summed E-state index contributed by atoms with van der Waals surface area (Å²) in [5.41, 5.74) is 4.33. The third kappa shape index (κ3) is 4.34. The number of benzene rings is 1. The van der Waals surface area contributed by atoms with Crippen molar-refractivity contribution in [2.45, 2.75) is 32.4 Å². The zero-order chi connectivity index (χ0) is 13.7. The lowest BCUT2D eigenvalue weighted by Crippen LogP contribution is -2.56. The summed E-state index contributed by atoms with van der Waals surface area (Å²) in [7, 11) is 0. The van der Waals surface area contributed by atoms with Gasteiger partial charge in [0.2, 0.25) is 0 Å². The van der Waals surface area contributed by atoms with E-state index in [0.29, 0.717) is 12.1 Å². The molecule has 2 nitrogen and oxygen atoms in total. The second kappa shape index (κ2) is 7.09. The zero-order valence-corrected chi connectivity index (χ0v) is 12.5. The molecule has 1 aliphatic heterocycles. The Labute approximate surface area is 121 Å². The fourth-order valence-corrected chi connectivity index (χ4v) is 2.67. The highest BCUT2D eigenvalue weighted by atomic mass is 35.5. The average molecular weight is 279 g/mol. The normalized spacial score (nSPS) is 25.5. The fraction of sp³-hybridized carbons (Fsp3) is 0.500. The van der Waals surface area contributed by atoms with Crippen LogP contribution in [0.15, 0.2) is 41.4 Å². The first-order chi connectivity index (χ1) is 9.19. The molecule has 1 heterocycles. The maximum Gasteiger partial charge on any atom is 0.0236 e. The Morgan fingerprint density at radius 3 is 2.84 bits per heavy atom. The molecule has 0 amide bonds. The number of hydrogen-bond donors (Lipinski definition) is 1. The van der Waals surface area contributed by atoms with Crippen LogP contribution in [0.5, 0.6) is 0 Å². The number of hydrogen-bond acceptors (Lipinski definition) is 2. The third-order valence-corrected chi connectivity index (χ3v) is 4.12. The van der Waals surface area contributed by atoms with Crippen molar-refractivity contribution < 1.29 is 0 Å². The highest BCUT2D eigenvalue weighted by Crippen LogP contribution is 2.13. The first-order valence-corrected chi connectivity index (χ1v) is 7.40. The van der Waals surface area contributed by atoms with Crippen LogP contribution in [0, 0.1) is 0 Å². The average Bonchev–Trinajstić information content (AvgIpc) is 2.43. The van der Waals surface area contributed by atoms with Crippen molar-refractivity contribution in [3.8, 4) is 0 Å². The van der Waals surface area contributed by atoms with Gasteiger partial charge in [-0.2, -0.15) is 0 Å². The largest absolute Gasteiger partial charge is 0.311 e. The molecular weight excluding hydrogens is 256 g/mol. The molecule has 3 heteroatoms. The van der Waals surface area contributed by atoms with Crippen molar-refractivity contribution in [1.29, 1.82) is 0 Å². The van der Waals surface area contributed by atoms with E-state index in [9.17, 15) is 0 Å². The summed E-state index contributed by atoms with van der Waals surface area (Å²) in [6.45, 7) is 7.46. The summed E-state index contributed by atoms with van der Waals surface area (Å²) < 4.78 is 0. The van der Waals surface area contributed by atoms with E-state index in [0.717, 1.165) is 26.1 Å². The van der Waals surface area contributed by atoms with Crippen molar-refractivity contribution in [1.82, 2.24) is 10.2 Å². The van der Waals surface area contributed by atoms with Crippen molar-refractivity contribution in [2.75, 3.05) is 19.6 Å². The minimum Gasteiger partial charge on any atom is -0.311 e. The quantitative estimate of drug-likeness (QED) is 0.911. The highest BCUT2D eigenvalue weighted by molar-refractivity contribution is 6.25. The molecule has 2 rings (SSSR count). The predicted molar refractivity (Wildman–Crippen MR) is 82.6 cm³/mol. The Hall–Kier alpha value is -0.830. The number of nitrogens with one attached hydrogen (secondary N) is 1. The second-order valence-corrected chi connectivity index (χ2v) is 5.75. The third-order valence-electron chi connectivity index (χ3n) is 3.74. The van der Waals surface area contributed by atoms with Gasteiger partial charge in [0.25, 0.3) is 0 Å². The van der Waals surface area contributed by atoms with E-state index >= 15 is 0 Å². The van der Waals surface area contributed by atoms with Crippen molar-refractivity contribution in [2.24, 2.45) is 0 Å². The summed E-state index contributed by atoms with van der Waals surface area (Å²) in [5.74, 6) is 0. The molecule has 1 fully saturated rings. The smallest absolute Gasteiger partial charge is 0.0236 e. The number of rotatable bonds is 4. The molecule has 2 atom stereocenters. The van der Waals surface area contributed by atoms with Gasteiger partial charge in [-0.1, -0.05) is 41.9 Å². The minimum atomic E-state index is 0.529. The van der Waals surface area contributed by atoms with E-state index < -0.39 is 0 Å². The highest BCUT2D eigenvalue weighted by Gasteiger charge is 2.24. The van der Waals surface area contributed by atoms with Gasteiger partial charge in [0.15, 0.2) is 0 Å². The molecule has 1 N–H and O–H groups in total. The summed E-state index contributed by atoms with van der Waals surface area (Å²) in [4.78, 5) is 2.51. The monoisotopic (exact) mass is 278 g/mol. The van der Waals surface area contributed by atoms with Gasteiger partial charge in [-0.3, -0.25) is 4.90 Å². The summed E-state index contributed by atoms with van der Waals surface area (Å²) >= 11 is 5.78. The summed E-state index contributed by atoms with van der Waals surface area (Å²) in [5, 5.41) is 3.64. The Balaban J connectivity index is 1.93. The predicted octanol–water partition coefficient (Wildman–Crippen LogP) is 3.03. The molecule has 1 aromatic rings. The van der Waals surface area contributed by atoms with E-state index in [1.807, 2.05) is 0 Å². The SMILES string of the molecule is C/C(=C\Cl)CN1CC(Cc2ccccc2)NCC1C. The zero-order valence-electron chi connectivity index (χ0n) is 11.8. The lowest BCUT2D eigenvalue weighted by molar-refractivity contribution is 0.153. The van der Waals surface area contributed by atoms with Crippen LogP contribution in [0.2, 0.25) is 0 Å². The Morgan fingerprint density at radius 2 is 2.16 bits per heavy atom. The van der Waals surface area contributed by atoms with Crippen LogP contribution in [0.4, 0.5) is 0 Å². The molecule has 0 aliphatic carbocycles. The van der Waals surface area contributed by atoms with Crippen LogP contribution >= 0.6 is 11.6 Å². The van der Waals surface area contributed by atoms with E-state index in [-0.39, 0.29) is 0 Å². The molecule has 1 aromatic carbocycles. The summed E-state index contributed by atoms with van der Waals surface area (Å²) in [6.07, 6.45) is 1.09. The molecule has 19 heavy (non-hydrogen) atoms. The maximum absolute atomic E-state index is 5.78. The van der Waals surface area contributed by atoms with Crippen LogP contribution < -0.4 is 5.32 Å². The Kier molecular flexibility index (Phi) is 5.44. The van der Waals surface area contributed by atoms with Crippen LogP contribution in [0.25, 0.3) is 0 Å². The number of halogens is 1. The van der Waals surface area contributed by atoms with Crippen LogP contribution in [-0.2, 0) is 6.42 Å². The first-order valence-electron chi connectivity index (χ1n) is 6.96. The fourth-order valence-electron chi connectivity index (χ4n) is 2.60.